The molecule has 3 nitrogen and oxygen atoms in total. The van der Waals surface area contributed by atoms with Crippen LogP contribution in [0.5, 0.6) is 5.75 Å². The highest BCUT2D eigenvalue weighted by Crippen LogP contribution is 2.50. The van der Waals surface area contributed by atoms with Gasteiger partial charge in [-0.25, -0.2) is 8.78 Å². The Morgan fingerprint density at radius 3 is 2.61 bits per heavy atom. The van der Waals surface area contributed by atoms with Crippen molar-refractivity contribution < 1.29 is 13.5 Å². The zero-order valence-corrected chi connectivity index (χ0v) is 17.8. The van der Waals surface area contributed by atoms with E-state index in [2.05, 4.69) is 37.1 Å². The first-order chi connectivity index (χ1) is 14.7. The van der Waals surface area contributed by atoms with E-state index in [9.17, 15) is 8.78 Å². The molecule has 2 aromatic carbocycles. The van der Waals surface area contributed by atoms with Gasteiger partial charge in [-0.05, 0) is 74.2 Å². The summed E-state index contributed by atoms with van der Waals surface area (Å²) >= 11 is 0. The highest BCUT2D eigenvalue weighted by atomic mass is 19.1. The Morgan fingerprint density at radius 2 is 1.84 bits per heavy atom. The minimum atomic E-state index is -0.720. The molecule has 2 aliphatic rings. The van der Waals surface area contributed by atoms with Crippen LogP contribution in [0.15, 0.2) is 48.8 Å². The molecule has 0 spiro atoms. The Kier molecular flexibility index (Phi) is 4.26. The normalized spacial score (nSPS) is 17.1. The molecule has 0 saturated heterocycles. The summed E-state index contributed by atoms with van der Waals surface area (Å²) in [5, 5.41) is 3.54. The van der Waals surface area contributed by atoms with Crippen molar-refractivity contribution in [3.8, 4) is 16.9 Å². The fraction of sp³-hybridized carbons (Fsp3) is 0.192. The number of hydrogen-bond donors (Lipinski definition) is 1. The lowest BCUT2D eigenvalue weighted by Gasteiger charge is -2.35. The maximum atomic E-state index is 14.7. The van der Waals surface area contributed by atoms with E-state index in [1.165, 1.54) is 6.07 Å². The Bertz CT molecular complexity index is 1300. The smallest absolute Gasteiger partial charge is 0.171 e. The molecule has 0 aliphatic carbocycles. The molecule has 0 fully saturated rings. The minimum absolute atomic E-state index is 0.0394. The molecule has 31 heavy (non-hydrogen) atoms. The number of benzene rings is 2. The molecule has 0 unspecified atom stereocenters. The minimum Gasteiger partial charge on any atom is -0.453 e. The topological polar surface area (TPSA) is 34.2 Å². The van der Waals surface area contributed by atoms with Crippen LogP contribution >= 0.6 is 0 Å². The number of rotatable bonds is 1. The van der Waals surface area contributed by atoms with Gasteiger partial charge >= 0.3 is 0 Å². The predicted molar refractivity (Wildman–Crippen MR) is 121 cm³/mol. The third-order valence-corrected chi connectivity index (χ3v) is 5.74. The van der Waals surface area contributed by atoms with Gasteiger partial charge in [-0.2, -0.15) is 0 Å². The monoisotopic (exact) mass is 416 g/mol. The van der Waals surface area contributed by atoms with Gasteiger partial charge in [0.2, 0.25) is 0 Å². The van der Waals surface area contributed by atoms with E-state index in [1.54, 1.807) is 12.4 Å². The molecular formula is C26H22F2N2O. The van der Waals surface area contributed by atoms with E-state index in [0.29, 0.717) is 11.3 Å². The maximum absolute atomic E-state index is 14.7. The second-order valence-electron chi connectivity index (χ2n) is 8.69. The van der Waals surface area contributed by atoms with Gasteiger partial charge in [0.1, 0.15) is 11.6 Å². The molecule has 0 bridgehead atoms. The first-order valence-electron chi connectivity index (χ1n) is 10.2. The van der Waals surface area contributed by atoms with Crippen LogP contribution in [0.3, 0.4) is 0 Å². The Hall–Kier alpha value is -3.47. The summed E-state index contributed by atoms with van der Waals surface area (Å²) in [5.41, 5.74) is 6.69. The molecule has 5 rings (SSSR count). The van der Waals surface area contributed by atoms with Gasteiger partial charge in [0, 0.05) is 40.8 Å². The lowest BCUT2D eigenvalue weighted by Crippen LogP contribution is -2.32. The Labute approximate surface area is 180 Å². The van der Waals surface area contributed by atoms with E-state index < -0.39 is 11.6 Å². The molecule has 156 valence electrons. The van der Waals surface area contributed by atoms with Gasteiger partial charge in [-0.15, -0.1) is 0 Å². The SMILES string of the molecule is CC1=CC(C)(C)Nc2ccc3c(c21)C(=Cc1ccncc1C)Oc1c(F)cc(F)cc1-3. The Morgan fingerprint density at radius 1 is 1.03 bits per heavy atom. The number of aromatic nitrogens is 1. The van der Waals surface area contributed by atoms with E-state index >= 15 is 0 Å². The van der Waals surface area contributed by atoms with Crippen LogP contribution in [0.2, 0.25) is 0 Å². The van der Waals surface area contributed by atoms with Crippen LogP contribution in [0.1, 0.15) is 43.0 Å². The van der Waals surface area contributed by atoms with Gasteiger partial charge in [-0.3, -0.25) is 4.98 Å². The molecule has 5 heteroatoms. The summed E-state index contributed by atoms with van der Waals surface area (Å²) in [6, 6.07) is 7.95. The number of halogens is 2. The number of pyridine rings is 1. The summed E-state index contributed by atoms with van der Waals surface area (Å²) in [6.07, 6.45) is 7.54. The molecular weight excluding hydrogens is 394 g/mol. The zero-order chi connectivity index (χ0) is 21.9. The van der Waals surface area contributed by atoms with Crippen molar-refractivity contribution in [3.05, 3.63) is 82.7 Å². The predicted octanol–water partition coefficient (Wildman–Crippen LogP) is 6.83. The summed E-state index contributed by atoms with van der Waals surface area (Å²) in [4.78, 5) is 4.15. The number of allylic oxidation sites excluding steroid dienone is 1. The molecule has 1 aromatic heterocycles. The van der Waals surface area contributed by atoms with E-state index in [4.69, 9.17) is 4.74 Å². The van der Waals surface area contributed by atoms with Crippen molar-refractivity contribution in [1.29, 1.82) is 0 Å². The average Bonchev–Trinajstić information content (AvgIpc) is 2.69. The molecule has 0 saturated carbocycles. The fourth-order valence-corrected chi connectivity index (χ4v) is 4.51. The van der Waals surface area contributed by atoms with Gasteiger partial charge in [0.15, 0.2) is 11.6 Å². The molecule has 3 heterocycles. The summed E-state index contributed by atoms with van der Waals surface area (Å²) in [6.45, 7) is 8.22. The second kappa shape index (κ2) is 6.77. The zero-order valence-electron chi connectivity index (χ0n) is 17.8. The van der Waals surface area contributed by atoms with Gasteiger partial charge in [0.25, 0.3) is 0 Å². The molecule has 0 radical (unpaired) electrons. The van der Waals surface area contributed by atoms with Gasteiger partial charge in [0.05, 0.1) is 5.54 Å². The lowest BCUT2D eigenvalue weighted by molar-refractivity contribution is 0.460. The highest BCUT2D eigenvalue weighted by Gasteiger charge is 2.32. The fourth-order valence-electron chi connectivity index (χ4n) is 4.51. The number of nitrogens with zero attached hydrogens (tertiary/aromatic N) is 1. The summed E-state index contributed by atoms with van der Waals surface area (Å²) in [5.74, 6) is -0.791. The van der Waals surface area contributed by atoms with Crippen molar-refractivity contribution in [2.45, 2.75) is 33.2 Å². The van der Waals surface area contributed by atoms with Gasteiger partial charge in [-0.1, -0.05) is 12.1 Å². The molecule has 1 N–H and O–H groups in total. The number of ether oxygens (including phenoxy) is 1. The van der Waals surface area contributed by atoms with Gasteiger partial charge < -0.3 is 10.1 Å². The van der Waals surface area contributed by atoms with Crippen LogP contribution in [0.4, 0.5) is 14.5 Å². The lowest BCUT2D eigenvalue weighted by atomic mass is 9.83. The number of aryl methyl sites for hydroxylation is 1. The van der Waals surface area contributed by atoms with Crippen molar-refractivity contribution in [3.63, 3.8) is 0 Å². The average molecular weight is 416 g/mol. The largest absolute Gasteiger partial charge is 0.453 e. The molecule has 2 aliphatic heterocycles. The van der Waals surface area contributed by atoms with Crippen molar-refractivity contribution in [1.82, 2.24) is 4.98 Å². The van der Waals surface area contributed by atoms with Crippen molar-refractivity contribution >= 4 is 23.1 Å². The maximum Gasteiger partial charge on any atom is 0.171 e. The van der Waals surface area contributed by atoms with Crippen LogP contribution in [0, 0.1) is 18.6 Å². The molecule has 0 atom stereocenters. The Balaban J connectivity index is 1.84. The van der Waals surface area contributed by atoms with E-state index in [0.717, 1.165) is 45.1 Å². The van der Waals surface area contributed by atoms with E-state index in [-0.39, 0.29) is 11.3 Å². The third-order valence-electron chi connectivity index (χ3n) is 5.74. The first kappa shape index (κ1) is 19.5. The standard InChI is InChI=1S/C26H22F2N2O/c1-14-12-26(3,4)30-21-6-5-18-19-10-17(27)11-20(28)25(19)31-22(24(18)23(14)21)9-16-7-8-29-13-15(16)2/h5-13,30H,1-4H3. The van der Waals surface area contributed by atoms with Crippen LogP contribution in [-0.4, -0.2) is 10.5 Å². The van der Waals surface area contributed by atoms with Crippen molar-refractivity contribution in [2.24, 2.45) is 0 Å². The van der Waals surface area contributed by atoms with E-state index in [1.807, 2.05) is 31.2 Å². The second-order valence-corrected chi connectivity index (χ2v) is 8.69. The van der Waals surface area contributed by atoms with Crippen molar-refractivity contribution in [2.75, 3.05) is 5.32 Å². The summed E-state index contributed by atoms with van der Waals surface area (Å²) < 4.78 is 34.9. The molecule has 0 amide bonds. The van der Waals surface area contributed by atoms with Crippen LogP contribution < -0.4 is 10.1 Å². The first-order valence-corrected chi connectivity index (χ1v) is 10.2. The number of nitrogens with one attached hydrogen (secondary N) is 1. The number of fused-ring (bicyclic) bond motifs is 5. The quantitative estimate of drug-likeness (QED) is 0.472. The van der Waals surface area contributed by atoms with Crippen LogP contribution in [0.25, 0.3) is 28.5 Å². The number of hydrogen-bond acceptors (Lipinski definition) is 3. The summed E-state index contributed by atoms with van der Waals surface area (Å²) in [7, 11) is 0. The van der Waals surface area contributed by atoms with Crippen LogP contribution in [-0.2, 0) is 0 Å². The third kappa shape index (κ3) is 3.21. The number of anilines is 1. The highest BCUT2D eigenvalue weighted by molar-refractivity contribution is 6.00. The molecule has 3 aromatic rings.